The maximum absolute atomic E-state index is 11.7. The number of carboxylic acids is 1. The first-order chi connectivity index (χ1) is 15.0. The number of amides is 1. The Bertz CT molecular complexity index is 638. The lowest BCUT2D eigenvalue weighted by atomic mass is 9.95. The second kappa shape index (κ2) is 11.6. The van der Waals surface area contributed by atoms with Gasteiger partial charge in [-0.1, -0.05) is 0 Å². The number of carboxylic acid groups (broad SMARTS) is 1. The van der Waals surface area contributed by atoms with Crippen LogP contribution in [-0.4, -0.2) is 135 Å². The van der Waals surface area contributed by atoms with Gasteiger partial charge in [0.1, 0.15) is 54.8 Å². The summed E-state index contributed by atoms with van der Waals surface area (Å²) in [4.78, 5) is 22.7. The molecule has 15 heteroatoms. The van der Waals surface area contributed by atoms with E-state index in [2.05, 4.69) is 5.32 Å². The van der Waals surface area contributed by atoms with E-state index in [0.717, 1.165) is 6.92 Å². The van der Waals surface area contributed by atoms with Gasteiger partial charge in [-0.3, -0.25) is 9.59 Å². The molecule has 2 saturated heterocycles. The van der Waals surface area contributed by atoms with Crippen LogP contribution in [0.1, 0.15) is 6.92 Å². The third-order valence-corrected chi connectivity index (χ3v) is 5.12. The van der Waals surface area contributed by atoms with Crippen LogP contribution in [0.4, 0.5) is 0 Å². The molecule has 4 unspecified atom stereocenters. The standard InChI is InChI=1S/C17H30N2O13/c1-5(22)19-9-14(32-17-13(26)12(25)10(23)7(2-20)31-17)11(24)8(3-21)30-16(9)29-4-6(18)15(27)28/h6-14,16-17,20-21,23-26H,2-4,18H2,1H3,(H,19,22)(H,27,28)/t6-,7?,8?,9?,10-,11-,12-,13?,14+,16-,17-/m0/s1. The van der Waals surface area contributed by atoms with Gasteiger partial charge in [-0.25, -0.2) is 0 Å². The summed E-state index contributed by atoms with van der Waals surface area (Å²) < 4.78 is 21.6. The largest absolute Gasteiger partial charge is 0.480 e. The molecule has 2 heterocycles. The van der Waals surface area contributed by atoms with E-state index >= 15 is 0 Å². The number of hydrogen-bond donors (Lipinski definition) is 9. The summed E-state index contributed by atoms with van der Waals surface area (Å²) in [6.07, 6.45) is -14.1. The maximum Gasteiger partial charge on any atom is 0.322 e. The summed E-state index contributed by atoms with van der Waals surface area (Å²) in [6.45, 7) is -0.881. The average molecular weight is 470 g/mol. The molecule has 2 rings (SSSR count). The number of ether oxygens (including phenoxy) is 4. The zero-order chi connectivity index (χ0) is 24.2. The lowest BCUT2D eigenvalue weighted by molar-refractivity contribution is -0.344. The first kappa shape index (κ1) is 26.7. The summed E-state index contributed by atoms with van der Waals surface area (Å²) in [5, 5.41) is 70.9. The molecule has 11 atom stereocenters. The molecule has 0 saturated carbocycles. The van der Waals surface area contributed by atoms with Gasteiger partial charge in [-0.05, 0) is 0 Å². The maximum atomic E-state index is 11.7. The van der Waals surface area contributed by atoms with Crippen molar-refractivity contribution in [1.82, 2.24) is 5.32 Å². The van der Waals surface area contributed by atoms with Crippen molar-refractivity contribution in [3.63, 3.8) is 0 Å². The highest BCUT2D eigenvalue weighted by Gasteiger charge is 2.51. The van der Waals surface area contributed by atoms with E-state index in [1.54, 1.807) is 0 Å². The lowest BCUT2D eigenvalue weighted by Crippen LogP contribution is -2.68. The minimum absolute atomic E-state index is 0.558. The van der Waals surface area contributed by atoms with Gasteiger partial charge in [0.15, 0.2) is 12.6 Å². The molecule has 2 fully saturated rings. The van der Waals surface area contributed by atoms with Gasteiger partial charge in [0.2, 0.25) is 5.91 Å². The number of aliphatic hydroxyl groups is 6. The van der Waals surface area contributed by atoms with Crippen molar-refractivity contribution in [2.24, 2.45) is 5.73 Å². The fourth-order valence-corrected chi connectivity index (χ4v) is 3.36. The number of aliphatic hydroxyl groups excluding tert-OH is 6. The van der Waals surface area contributed by atoms with Crippen molar-refractivity contribution in [3.8, 4) is 0 Å². The Hall–Kier alpha value is -1.50. The highest BCUT2D eigenvalue weighted by Crippen LogP contribution is 2.29. The van der Waals surface area contributed by atoms with Crippen LogP contribution in [-0.2, 0) is 28.5 Å². The third kappa shape index (κ3) is 6.09. The molecule has 1 amide bonds. The Morgan fingerprint density at radius 1 is 0.969 bits per heavy atom. The van der Waals surface area contributed by atoms with Crippen molar-refractivity contribution >= 4 is 11.9 Å². The van der Waals surface area contributed by atoms with Crippen LogP contribution in [0.3, 0.4) is 0 Å². The molecule has 0 spiro atoms. The normalized spacial score (nSPS) is 41.1. The van der Waals surface area contributed by atoms with Crippen molar-refractivity contribution in [2.45, 2.75) is 74.3 Å². The molecular weight excluding hydrogens is 440 g/mol. The van der Waals surface area contributed by atoms with Crippen LogP contribution in [0.5, 0.6) is 0 Å². The minimum atomic E-state index is -1.81. The monoisotopic (exact) mass is 470 g/mol. The summed E-state index contributed by atoms with van der Waals surface area (Å²) in [7, 11) is 0. The van der Waals surface area contributed by atoms with E-state index in [9.17, 15) is 40.2 Å². The Balaban J connectivity index is 2.28. The van der Waals surface area contributed by atoms with Crippen LogP contribution >= 0.6 is 0 Å². The van der Waals surface area contributed by atoms with Crippen molar-refractivity contribution < 1.29 is 64.3 Å². The first-order valence-corrected chi connectivity index (χ1v) is 9.79. The zero-order valence-electron chi connectivity index (χ0n) is 17.1. The van der Waals surface area contributed by atoms with Gasteiger partial charge in [0, 0.05) is 6.92 Å². The van der Waals surface area contributed by atoms with Crippen molar-refractivity contribution in [1.29, 1.82) is 0 Å². The smallest absolute Gasteiger partial charge is 0.322 e. The van der Waals surface area contributed by atoms with E-state index < -0.39 is 99.1 Å². The summed E-state index contributed by atoms with van der Waals surface area (Å²) in [6, 6.07) is -2.75. The van der Waals surface area contributed by atoms with Gasteiger partial charge in [-0.15, -0.1) is 0 Å². The summed E-state index contributed by atoms with van der Waals surface area (Å²) in [5.41, 5.74) is 5.41. The van der Waals surface area contributed by atoms with Gasteiger partial charge in [-0.2, -0.15) is 0 Å². The molecule has 0 aromatic heterocycles. The molecule has 15 nitrogen and oxygen atoms in total. The molecule has 2 aliphatic rings. The number of aliphatic carboxylic acids is 1. The van der Waals surface area contributed by atoms with E-state index in [-0.39, 0.29) is 0 Å². The molecule has 2 aliphatic heterocycles. The number of rotatable bonds is 9. The third-order valence-electron chi connectivity index (χ3n) is 5.12. The lowest BCUT2D eigenvalue weighted by Gasteiger charge is -2.47. The van der Waals surface area contributed by atoms with Crippen LogP contribution < -0.4 is 11.1 Å². The van der Waals surface area contributed by atoms with E-state index in [0.29, 0.717) is 0 Å². The molecule has 32 heavy (non-hydrogen) atoms. The van der Waals surface area contributed by atoms with E-state index in [1.807, 2.05) is 0 Å². The fraction of sp³-hybridized carbons (Fsp3) is 0.882. The molecule has 0 aromatic rings. The fourth-order valence-electron chi connectivity index (χ4n) is 3.36. The number of hydrogen-bond acceptors (Lipinski definition) is 13. The van der Waals surface area contributed by atoms with Crippen molar-refractivity contribution in [3.05, 3.63) is 0 Å². The number of nitrogens with two attached hydrogens (primary N) is 1. The second-order valence-corrected chi connectivity index (χ2v) is 7.52. The molecule has 0 bridgehead atoms. The van der Waals surface area contributed by atoms with Crippen molar-refractivity contribution in [2.75, 3.05) is 19.8 Å². The topological polar surface area (TPSA) is 251 Å². The van der Waals surface area contributed by atoms with Crippen LogP contribution in [0.25, 0.3) is 0 Å². The number of carbonyl (C=O) groups excluding carboxylic acids is 1. The van der Waals surface area contributed by atoms with Gasteiger partial charge < -0.3 is 65.7 Å². The van der Waals surface area contributed by atoms with Gasteiger partial charge >= 0.3 is 5.97 Å². The highest BCUT2D eigenvalue weighted by molar-refractivity contribution is 5.73. The van der Waals surface area contributed by atoms with E-state index in [4.69, 9.17) is 29.8 Å². The average Bonchev–Trinajstić information content (AvgIpc) is 2.74. The number of nitrogens with one attached hydrogen (secondary N) is 1. The Labute approximate surface area is 182 Å². The predicted molar refractivity (Wildman–Crippen MR) is 99.6 cm³/mol. The minimum Gasteiger partial charge on any atom is -0.480 e. The molecule has 0 radical (unpaired) electrons. The molecular formula is C17H30N2O13. The Morgan fingerprint density at radius 2 is 1.53 bits per heavy atom. The molecule has 0 aliphatic carbocycles. The van der Waals surface area contributed by atoms with Crippen LogP contribution in [0.15, 0.2) is 0 Å². The first-order valence-electron chi connectivity index (χ1n) is 9.79. The van der Waals surface area contributed by atoms with E-state index in [1.165, 1.54) is 0 Å². The predicted octanol–water partition coefficient (Wildman–Crippen LogP) is -5.82. The molecule has 10 N–H and O–H groups in total. The molecule has 0 aromatic carbocycles. The number of carbonyl (C=O) groups is 2. The zero-order valence-corrected chi connectivity index (χ0v) is 17.1. The van der Waals surface area contributed by atoms with Gasteiger partial charge in [0.05, 0.1) is 19.8 Å². The summed E-state index contributed by atoms with van der Waals surface area (Å²) in [5.74, 6) is -1.99. The highest BCUT2D eigenvalue weighted by atomic mass is 16.7. The van der Waals surface area contributed by atoms with Crippen LogP contribution in [0, 0.1) is 0 Å². The summed E-state index contributed by atoms with van der Waals surface area (Å²) >= 11 is 0. The van der Waals surface area contributed by atoms with Crippen LogP contribution in [0.2, 0.25) is 0 Å². The van der Waals surface area contributed by atoms with Gasteiger partial charge in [0.25, 0.3) is 0 Å². The second-order valence-electron chi connectivity index (χ2n) is 7.52. The molecule has 186 valence electrons. The Morgan fingerprint density at radius 3 is 2.06 bits per heavy atom. The Kier molecular flexibility index (Phi) is 9.68. The quantitative estimate of drug-likeness (QED) is 0.152. The SMILES string of the molecule is CC(=O)NC1[C@@H](OC[C@H](N)C(=O)O)OC(CO)[C@H](O)[C@@H]1O[C@@H]1OC(CO)[C@H](O)[C@H](O)C1O.